The minimum atomic E-state index is 0.276. The summed E-state index contributed by atoms with van der Waals surface area (Å²) in [6, 6.07) is 6.44. The molecule has 1 N–H and O–H groups in total. The molecule has 23 heavy (non-hydrogen) atoms. The SMILES string of the molecule is COc1ccc(CNC(C)c2cc(C)sc2C)c(OC)c1OC. The quantitative estimate of drug-likeness (QED) is 0.821. The molecule has 4 nitrogen and oxygen atoms in total. The van der Waals surface area contributed by atoms with E-state index in [1.165, 1.54) is 15.3 Å². The number of hydrogen-bond acceptors (Lipinski definition) is 5. The molecule has 1 unspecified atom stereocenters. The number of nitrogens with one attached hydrogen (secondary N) is 1. The molecule has 5 heteroatoms. The zero-order valence-electron chi connectivity index (χ0n) is 14.6. The lowest BCUT2D eigenvalue weighted by Crippen LogP contribution is -2.18. The summed E-state index contributed by atoms with van der Waals surface area (Å²) in [5.74, 6) is 2.01. The topological polar surface area (TPSA) is 39.7 Å². The van der Waals surface area contributed by atoms with Crippen LogP contribution in [0.1, 0.15) is 33.8 Å². The highest BCUT2D eigenvalue weighted by molar-refractivity contribution is 7.12. The van der Waals surface area contributed by atoms with Gasteiger partial charge in [-0.25, -0.2) is 0 Å². The summed E-state index contributed by atoms with van der Waals surface area (Å²) in [6.07, 6.45) is 0. The van der Waals surface area contributed by atoms with Gasteiger partial charge in [-0.15, -0.1) is 11.3 Å². The van der Waals surface area contributed by atoms with Gasteiger partial charge in [0.25, 0.3) is 0 Å². The molecule has 0 aliphatic rings. The van der Waals surface area contributed by atoms with Gasteiger partial charge in [-0.1, -0.05) is 6.07 Å². The normalized spacial score (nSPS) is 12.1. The van der Waals surface area contributed by atoms with Gasteiger partial charge < -0.3 is 19.5 Å². The van der Waals surface area contributed by atoms with Gasteiger partial charge in [0.05, 0.1) is 21.3 Å². The maximum Gasteiger partial charge on any atom is 0.203 e. The summed E-state index contributed by atoms with van der Waals surface area (Å²) in [5, 5.41) is 3.56. The molecule has 1 atom stereocenters. The van der Waals surface area contributed by atoms with Crippen LogP contribution in [-0.2, 0) is 6.54 Å². The molecule has 0 aliphatic carbocycles. The second kappa shape index (κ2) is 7.70. The Bertz CT molecular complexity index is 667. The van der Waals surface area contributed by atoms with Crippen LogP contribution in [0.4, 0.5) is 0 Å². The van der Waals surface area contributed by atoms with Crippen LogP contribution in [0.15, 0.2) is 18.2 Å². The Kier molecular flexibility index (Phi) is 5.91. The van der Waals surface area contributed by atoms with E-state index in [0.717, 1.165) is 5.56 Å². The van der Waals surface area contributed by atoms with Crippen molar-refractivity contribution in [3.63, 3.8) is 0 Å². The Hall–Kier alpha value is -1.72. The minimum Gasteiger partial charge on any atom is -0.493 e. The molecule has 0 aliphatic heterocycles. The van der Waals surface area contributed by atoms with Crippen LogP contribution in [0.5, 0.6) is 17.2 Å². The molecule has 0 saturated carbocycles. The van der Waals surface area contributed by atoms with Crippen LogP contribution in [-0.4, -0.2) is 21.3 Å². The van der Waals surface area contributed by atoms with Gasteiger partial charge >= 0.3 is 0 Å². The van der Waals surface area contributed by atoms with Crippen LogP contribution in [0.25, 0.3) is 0 Å². The number of ether oxygens (including phenoxy) is 3. The second-order valence-electron chi connectivity index (χ2n) is 5.46. The van der Waals surface area contributed by atoms with Crippen molar-refractivity contribution in [1.29, 1.82) is 0 Å². The van der Waals surface area contributed by atoms with Crippen molar-refractivity contribution in [2.75, 3.05) is 21.3 Å². The molecule has 2 rings (SSSR count). The summed E-state index contributed by atoms with van der Waals surface area (Å²) in [6.45, 7) is 7.19. The molecule has 0 bridgehead atoms. The first kappa shape index (κ1) is 17.6. The molecule has 0 spiro atoms. The van der Waals surface area contributed by atoms with Crippen molar-refractivity contribution in [1.82, 2.24) is 5.32 Å². The number of methoxy groups -OCH3 is 3. The van der Waals surface area contributed by atoms with Crippen molar-refractivity contribution in [2.24, 2.45) is 0 Å². The molecule has 0 radical (unpaired) electrons. The van der Waals surface area contributed by atoms with E-state index < -0.39 is 0 Å². The predicted molar refractivity (Wildman–Crippen MR) is 95.1 cm³/mol. The first-order valence-electron chi connectivity index (χ1n) is 7.60. The monoisotopic (exact) mass is 335 g/mol. The standard InChI is InChI=1S/C18H25NO3S/c1-11-9-15(13(3)23-11)12(2)19-10-14-7-8-16(20-4)18(22-6)17(14)21-5/h7-9,12,19H,10H2,1-6H3. The van der Waals surface area contributed by atoms with E-state index >= 15 is 0 Å². The molecule has 1 aromatic heterocycles. The third-order valence-electron chi connectivity index (χ3n) is 3.93. The molecule has 1 aromatic carbocycles. The molecular weight excluding hydrogens is 310 g/mol. The molecule has 2 aromatic rings. The molecule has 0 saturated heterocycles. The molecule has 1 heterocycles. The molecular formula is C18H25NO3S. The van der Waals surface area contributed by atoms with E-state index in [1.807, 2.05) is 23.5 Å². The number of benzene rings is 1. The van der Waals surface area contributed by atoms with Gasteiger partial charge in [0.15, 0.2) is 11.5 Å². The van der Waals surface area contributed by atoms with Crippen LogP contribution in [0, 0.1) is 13.8 Å². The second-order valence-corrected chi connectivity index (χ2v) is 6.93. The van der Waals surface area contributed by atoms with Gasteiger partial charge in [0.2, 0.25) is 5.75 Å². The highest BCUT2D eigenvalue weighted by atomic mass is 32.1. The Morgan fingerprint density at radius 2 is 1.74 bits per heavy atom. The van der Waals surface area contributed by atoms with Crippen molar-refractivity contribution >= 4 is 11.3 Å². The first-order valence-corrected chi connectivity index (χ1v) is 8.41. The fourth-order valence-electron chi connectivity index (χ4n) is 2.76. The maximum atomic E-state index is 5.53. The molecule has 126 valence electrons. The third kappa shape index (κ3) is 3.79. The van der Waals surface area contributed by atoms with Crippen LogP contribution < -0.4 is 19.5 Å². The van der Waals surface area contributed by atoms with E-state index in [2.05, 4.69) is 32.2 Å². The van der Waals surface area contributed by atoms with Gasteiger partial charge in [-0.2, -0.15) is 0 Å². The first-order chi connectivity index (χ1) is 11.0. The zero-order chi connectivity index (χ0) is 17.0. The highest BCUT2D eigenvalue weighted by Crippen LogP contribution is 2.40. The van der Waals surface area contributed by atoms with E-state index in [1.54, 1.807) is 21.3 Å². The summed E-state index contributed by atoms with van der Waals surface area (Å²) in [7, 11) is 4.90. The fraction of sp³-hybridized carbons (Fsp3) is 0.444. The van der Waals surface area contributed by atoms with Gasteiger partial charge in [-0.05, 0) is 38.5 Å². The summed E-state index contributed by atoms with van der Waals surface area (Å²) >= 11 is 1.84. The Labute approximate surface area is 142 Å². The summed E-state index contributed by atoms with van der Waals surface area (Å²) in [4.78, 5) is 2.71. The number of hydrogen-bond donors (Lipinski definition) is 1. The Morgan fingerprint density at radius 1 is 1.04 bits per heavy atom. The van der Waals surface area contributed by atoms with Crippen LogP contribution in [0.2, 0.25) is 0 Å². The third-order valence-corrected chi connectivity index (χ3v) is 4.91. The molecule has 0 fully saturated rings. The highest BCUT2D eigenvalue weighted by Gasteiger charge is 2.17. The average Bonchev–Trinajstić information content (AvgIpc) is 2.89. The van der Waals surface area contributed by atoms with Gasteiger partial charge in [-0.3, -0.25) is 0 Å². The van der Waals surface area contributed by atoms with Gasteiger partial charge in [0.1, 0.15) is 0 Å². The maximum absolute atomic E-state index is 5.53. The van der Waals surface area contributed by atoms with Crippen molar-refractivity contribution in [2.45, 2.75) is 33.4 Å². The Morgan fingerprint density at radius 3 is 2.26 bits per heavy atom. The number of rotatable bonds is 7. The van der Waals surface area contributed by atoms with Crippen LogP contribution in [0.3, 0.4) is 0 Å². The number of thiophene rings is 1. The van der Waals surface area contributed by atoms with Crippen molar-refractivity contribution in [3.8, 4) is 17.2 Å². The summed E-state index contributed by atoms with van der Waals surface area (Å²) < 4.78 is 16.3. The molecule has 0 amide bonds. The zero-order valence-corrected chi connectivity index (χ0v) is 15.5. The largest absolute Gasteiger partial charge is 0.493 e. The summed E-state index contributed by atoms with van der Waals surface area (Å²) in [5.41, 5.74) is 2.40. The average molecular weight is 335 g/mol. The smallest absolute Gasteiger partial charge is 0.203 e. The van der Waals surface area contributed by atoms with E-state index in [4.69, 9.17) is 14.2 Å². The van der Waals surface area contributed by atoms with E-state index in [9.17, 15) is 0 Å². The predicted octanol–water partition coefficient (Wildman–Crippen LogP) is 4.24. The Balaban J connectivity index is 2.18. The van der Waals surface area contributed by atoms with Crippen molar-refractivity contribution in [3.05, 3.63) is 39.1 Å². The minimum absolute atomic E-state index is 0.276. The van der Waals surface area contributed by atoms with Gasteiger partial charge in [0, 0.05) is 27.9 Å². The number of aryl methyl sites for hydroxylation is 2. The van der Waals surface area contributed by atoms with E-state index in [-0.39, 0.29) is 6.04 Å². The lowest BCUT2D eigenvalue weighted by Gasteiger charge is -2.18. The van der Waals surface area contributed by atoms with Crippen LogP contribution >= 0.6 is 11.3 Å². The van der Waals surface area contributed by atoms with Crippen molar-refractivity contribution < 1.29 is 14.2 Å². The fourth-order valence-corrected chi connectivity index (χ4v) is 3.78. The lowest BCUT2D eigenvalue weighted by molar-refractivity contribution is 0.321. The lowest BCUT2D eigenvalue weighted by atomic mass is 10.1. The van der Waals surface area contributed by atoms with E-state index in [0.29, 0.717) is 23.8 Å².